The van der Waals surface area contributed by atoms with Crippen LogP contribution in [0.15, 0.2) is 54.6 Å². The molecule has 5 heteroatoms. The molecule has 2 rings (SSSR count). The van der Waals surface area contributed by atoms with E-state index in [-0.39, 0.29) is 30.3 Å². The average Bonchev–Trinajstić information content (AvgIpc) is 2.67. The molecule has 1 unspecified atom stereocenters. The summed E-state index contributed by atoms with van der Waals surface area (Å²) in [6, 6.07) is 16.8. The van der Waals surface area contributed by atoms with Crippen molar-refractivity contribution < 1.29 is 9.59 Å². The molecular formula is C22H29N3O2. The van der Waals surface area contributed by atoms with Crippen molar-refractivity contribution in [2.75, 3.05) is 13.1 Å². The first-order valence-electron chi connectivity index (χ1n) is 9.42. The van der Waals surface area contributed by atoms with Gasteiger partial charge >= 0.3 is 0 Å². The summed E-state index contributed by atoms with van der Waals surface area (Å²) in [5.74, 6) is -0.268. The fraction of sp³-hybridized carbons (Fsp3) is 0.364. The van der Waals surface area contributed by atoms with E-state index in [1.165, 1.54) is 0 Å². The summed E-state index contributed by atoms with van der Waals surface area (Å²) >= 11 is 0. The predicted molar refractivity (Wildman–Crippen MR) is 109 cm³/mol. The molecule has 0 heterocycles. The Morgan fingerprint density at radius 2 is 1.67 bits per heavy atom. The van der Waals surface area contributed by atoms with Crippen LogP contribution >= 0.6 is 0 Å². The van der Waals surface area contributed by atoms with Crippen LogP contribution in [0.5, 0.6) is 0 Å². The molecule has 0 aliphatic heterocycles. The van der Waals surface area contributed by atoms with Crippen molar-refractivity contribution in [2.24, 2.45) is 0 Å². The Balaban J connectivity index is 2.04. The van der Waals surface area contributed by atoms with Gasteiger partial charge < -0.3 is 16.0 Å². The number of amides is 2. The van der Waals surface area contributed by atoms with Gasteiger partial charge in [-0.05, 0) is 38.1 Å². The van der Waals surface area contributed by atoms with Crippen molar-refractivity contribution in [1.29, 1.82) is 0 Å². The van der Waals surface area contributed by atoms with Gasteiger partial charge in [-0.15, -0.1) is 0 Å². The van der Waals surface area contributed by atoms with Gasteiger partial charge in [0.2, 0.25) is 5.91 Å². The lowest BCUT2D eigenvalue weighted by molar-refractivity contribution is -0.121. The number of benzene rings is 2. The third-order valence-corrected chi connectivity index (χ3v) is 4.37. The number of likely N-dealkylation sites (N-methyl/N-ethyl adjacent to an activating group) is 1. The van der Waals surface area contributed by atoms with Crippen LogP contribution in [-0.4, -0.2) is 30.9 Å². The van der Waals surface area contributed by atoms with Gasteiger partial charge in [0.05, 0.1) is 12.5 Å². The summed E-state index contributed by atoms with van der Waals surface area (Å²) < 4.78 is 0. The molecule has 2 atom stereocenters. The maximum atomic E-state index is 12.6. The first kappa shape index (κ1) is 20.6. The molecule has 27 heavy (non-hydrogen) atoms. The topological polar surface area (TPSA) is 70.2 Å². The van der Waals surface area contributed by atoms with Crippen molar-refractivity contribution in [1.82, 2.24) is 16.0 Å². The van der Waals surface area contributed by atoms with E-state index in [0.717, 1.165) is 17.7 Å². The van der Waals surface area contributed by atoms with Gasteiger partial charge in [0.25, 0.3) is 5.91 Å². The number of hydrogen-bond donors (Lipinski definition) is 3. The van der Waals surface area contributed by atoms with Crippen LogP contribution in [0, 0.1) is 6.92 Å². The lowest BCUT2D eigenvalue weighted by Gasteiger charge is -2.20. The average molecular weight is 367 g/mol. The Kier molecular flexibility index (Phi) is 8.01. The standard InChI is InChI=1S/C22H29N3O2/c1-4-23-17(3)15-24-21(26)14-20(18-8-6-5-7-9-18)25-22(27)19-12-10-16(2)11-13-19/h5-13,17,20,23H,4,14-15H2,1-3H3,(H,24,26)(H,25,27)/t17-,20?/m1/s1. The molecule has 0 aliphatic rings. The highest BCUT2D eigenvalue weighted by Crippen LogP contribution is 2.17. The van der Waals surface area contributed by atoms with Crippen molar-refractivity contribution in [2.45, 2.75) is 39.3 Å². The quantitative estimate of drug-likeness (QED) is 0.638. The van der Waals surface area contributed by atoms with Crippen molar-refractivity contribution in [3.8, 4) is 0 Å². The molecule has 0 spiro atoms. The number of hydrogen-bond acceptors (Lipinski definition) is 3. The minimum absolute atomic E-state index is 0.0854. The second kappa shape index (κ2) is 10.5. The molecule has 0 fully saturated rings. The van der Waals surface area contributed by atoms with E-state index >= 15 is 0 Å². The molecule has 2 aromatic rings. The Hall–Kier alpha value is -2.66. The van der Waals surface area contributed by atoms with Gasteiger partial charge in [-0.3, -0.25) is 9.59 Å². The summed E-state index contributed by atoms with van der Waals surface area (Å²) in [7, 11) is 0. The number of carbonyl (C=O) groups is 2. The highest BCUT2D eigenvalue weighted by atomic mass is 16.2. The van der Waals surface area contributed by atoms with Crippen LogP contribution in [-0.2, 0) is 4.79 Å². The largest absolute Gasteiger partial charge is 0.354 e. The highest BCUT2D eigenvalue weighted by molar-refractivity contribution is 5.94. The van der Waals surface area contributed by atoms with E-state index in [1.54, 1.807) is 12.1 Å². The minimum atomic E-state index is -0.380. The highest BCUT2D eigenvalue weighted by Gasteiger charge is 2.19. The Labute approximate surface area is 161 Å². The summed E-state index contributed by atoms with van der Waals surface area (Å²) in [5.41, 5.74) is 2.59. The maximum Gasteiger partial charge on any atom is 0.251 e. The molecule has 0 radical (unpaired) electrons. The first-order valence-corrected chi connectivity index (χ1v) is 9.42. The van der Waals surface area contributed by atoms with Gasteiger partial charge in [0, 0.05) is 18.2 Å². The van der Waals surface area contributed by atoms with E-state index in [2.05, 4.69) is 16.0 Å². The monoisotopic (exact) mass is 367 g/mol. The Morgan fingerprint density at radius 3 is 2.30 bits per heavy atom. The van der Waals surface area contributed by atoms with Gasteiger partial charge in [-0.1, -0.05) is 55.0 Å². The molecule has 2 amide bonds. The number of carbonyl (C=O) groups excluding carboxylic acids is 2. The van der Waals surface area contributed by atoms with Crippen molar-refractivity contribution >= 4 is 11.8 Å². The summed E-state index contributed by atoms with van der Waals surface area (Å²) in [5, 5.41) is 9.19. The van der Waals surface area contributed by atoms with Gasteiger partial charge in [-0.2, -0.15) is 0 Å². The number of rotatable bonds is 9. The van der Waals surface area contributed by atoms with E-state index < -0.39 is 0 Å². The lowest BCUT2D eigenvalue weighted by atomic mass is 10.0. The van der Waals surface area contributed by atoms with Crippen LogP contribution in [0.2, 0.25) is 0 Å². The molecule has 2 aromatic carbocycles. The third-order valence-electron chi connectivity index (χ3n) is 4.37. The van der Waals surface area contributed by atoms with Gasteiger partial charge in [-0.25, -0.2) is 0 Å². The van der Waals surface area contributed by atoms with Gasteiger partial charge in [0.1, 0.15) is 0 Å². The predicted octanol–water partition coefficient (Wildman–Crippen LogP) is 2.97. The van der Waals surface area contributed by atoms with Crippen LogP contribution in [0.25, 0.3) is 0 Å². The third kappa shape index (κ3) is 6.87. The smallest absolute Gasteiger partial charge is 0.251 e. The van der Waals surface area contributed by atoms with E-state index in [1.807, 2.05) is 63.2 Å². The van der Waals surface area contributed by atoms with Crippen LogP contribution in [0.1, 0.15) is 47.8 Å². The lowest BCUT2D eigenvalue weighted by Crippen LogP contribution is -2.40. The Morgan fingerprint density at radius 1 is 1.00 bits per heavy atom. The van der Waals surface area contributed by atoms with E-state index in [0.29, 0.717) is 12.1 Å². The summed E-state index contributed by atoms with van der Waals surface area (Å²) in [6.45, 7) is 7.45. The van der Waals surface area contributed by atoms with Crippen LogP contribution in [0.3, 0.4) is 0 Å². The Bertz CT molecular complexity index is 729. The van der Waals surface area contributed by atoms with Crippen molar-refractivity contribution in [3.63, 3.8) is 0 Å². The number of aryl methyl sites for hydroxylation is 1. The second-order valence-corrected chi connectivity index (χ2v) is 6.77. The summed E-state index contributed by atoms with van der Waals surface area (Å²) in [4.78, 5) is 25.0. The van der Waals surface area contributed by atoms with Crippen LogP contribution < -0.4 is 16.0 Å². The second-order valence-electron chi connectivity index (χ2n) is 6.77. The minimum Gasteiger partial charge on any atom is -0.354 e. The maximum absolute atomic E-state index is 12.6. The molecule has 5 nitrogen and oxygen atoms in total. The molecule has 0 saturated heterocycles. The molecule has 0 aromatic heterocycles. The fourth-order valence-electron chi connectivity index (χ4n) is 2.83. The molecule has 3 N–H and O–H groups in total. The fourth-order valence-corrected chi connectivity index (χ4v) is 2.83. The zero-order valence-electron chi connectivity index (χ0n) is 16.3. The zero-order valence-corrected chi connectivity index (χ0v) is 16.3. The SMILES string of the molecule is CCN[C@H](C)CNC(=O)CC(NC(=O)c1ccc(C)cc1)c1ccccc1. The van der Waals surface area contributed by atoms with Crippen LogP contribution in [0.4, 0.5) is 0 Å². The van der Waals surface area contributed by atoms with Crippen molar-refractivity contribution in [3.05, 3.63) is 71.3 Å². The first-order chi connectivity index (χ1) is 13.0. The zero-order chi connectivity index (χ0) is 19.6. The van der Waals surface area contributed by atoms with E-state index in [4.69, 9.17) is 0 Å². The molecule has 0 saturated carbocycles. The number of nitrogens with one attached hydrogen (secondary N) is 3. The normalized spacial score (nSPS) is 12.9. The van der Waals surface area contributed by atoms with E-state index in [9.17, 15) is 9.59 Å². The molecular weight excluding hydrogens is 338 g/mol. The molecule has 0 aliphatic carbocycles. The molecule has 0 bridgehead atoms. The van der Waals surface area contributed by atoms with Gasteiger partial charge in [0.15, 0.2) is 0 Å². The molecule has 144 valence electrons. The summed E-state index contributed by atoms with van der Waals surface area (Å²) in [6.07, 6.45) is 0.195.